The average molecular weight is 332 g/mol. The van der Waals surface area contributed by atoms with Gasteiger partial charge in [-0.2, -0.15) is 0 Å². The summed E-state index contributed by atoms with van der Waals surface area (Å²) in [5, 5.41) is 2.58. The van der Waals surface area contributed by atoms with Crippen LogP contribution in [0, 0.1) is 5.92 Å². The van der Waals surface area contributed by atoms with Gasteiger partial charge in [-0.1, -0.05) is 19.1 Å². The average Bonchev–Trinajstić information content (AvgIpc) is 2.55. The molecule has 1 heterocycles. The van der Waals surface area contributed by atoms with Gasteiger partial charge in [0.05, 0.1) is 10.9 Å². The molecule has 1 aliphatic carbocycles. The number of para-hydroxylation sites is 1. The third kappa shape index (κ3) is 3.71. The van der Waals surface area contributed by atoms with Crippen LogP contribution >= 0.6 is 11.8 Å². The first-order chi connectivity index (χ1) is 11.0. The molecule has 0 radical (unpaired) electrons. The monoisotopic (exact) mass is 332 g/mol. The van der Waals surface area contributed by atoms with Crippen LogP contribution in [0.5, 0.6) is 0 Å². The molecule has 1 aliphatic heterocycles. The second-order valence-electron chi connectivity index (χ2n) is 6.71. The van der Waals surface area contributed by atoms with Gasteiger partial charge in [-0.3, -0.25) is 9.59 Å². The molecule has 1 atom stereocenters. The molecule has 0 aromatic heterocycles. The molecule has 3 rings (SSSR count). The van der Waals surface area contributed by atoms with Crippen molar-refractivity contribution in [2.75, 3.05) is 12.4 Å². The van der Waals surface area contributed by atoms with E-state index in [1.807, 2.05) is 36.2 Å². The van der Waals surface area contributed by atoms with E-state index in [0.717, 1.165) is 29.3 Å². The third-order valence-corrected chi connectivity index (χ3v) is 6.27. The number of carbonyl (C=O) groups is 2. The summed E-state index contributed by atoms with van der Waals surface area (Å²) in [7, 11) is 1.89. The Morgan fingerprint density at radius 3 is 2.70 bits per heavy atom. The molecule has 4 nitrogen and oxygen atoms in total. The summed E-state index contributed by atoms with van der Waals surface area (Å²) in [6.45, 7) is 2.28. The number of carbonyl (C=O) groups excluding carboxylic acids is 2. The molecular weight excluding hydrogens is 308 g/mol. The minimum Gasteiger partial charge on any atom is -0.343 e. The van der Waals surface area contributed by atoms with Crippen LogP contribution in [-0.4, -0.2) is 35.1 Å². The van der Waals surface area contributed by atoms with Gasteiger partial charge in [0.1, 0.15) is 0 Å². The first-order valence-electron chi connectivity index (χ1n) is 8.37. The van der Waals surface area contributed by atoms with Crippen molar-refractivity contribution in [2.24, 2.45) is 5.92 Å². The van der Waals surface area contributed by atoms with E-state index in [4.69, 9.17) is 0 Å². The number of benzene rings is 1. The highest BCUT2D eigenvalue weighted by atomic mass is 32.2. The second kappa shape index (κ2) is 6.95. The quantitative estimate of drug-likeness (QED) is 0.921. The van der Waals surface area contributed by atoms with E-state index >= 15 is 0 Å². The number of amides is 2. The number of nitrogens with zero attached hydrogens (tertiary/aromatic N) is 1. The van der Waals surface area contributed by atoms with Gasteiger partial charge in [0, 0.05) is 24.4 Å². The van der Waals surface area contributed by atoms with Gasteiger partial charge in [0.25, 0.3) is 0 Å². The molecule has 1 aromatic carbocycles. The van der Waals surface area contributed by atoms with E-state index in [9.17, 15) is 9.59 Å². The van der Waals surface area contributed by atoms with Crippen LogP contribution in [0.2, 0.25) is 0 Å². The third-order valence-electron chi connectivity index (χ3n) is 4.99. The Labute approximate surface area is 142 Å². The first-order valence-corrected chi connectivity index (χ1v) is 9.24. The number of hydrogen-bond acceptors (Lipinski definition) is 3. The molecule has 0 saturated heterocycles. The molecular formula is C18H24N2O2S. The fraction of sp³-hybridized carbons (Fsp3) is 0.556. The molecule has 2 aliphatic rings. The van der Waals surface area contributed by atoms with Crippen molar-refractivity contribution in [2.45, 2.75) is 55.2 Å². The minimum atomic E-state index is -0.331. The summed E-state index contributed by atoms with van der Waals surface area (Å²) < 4.78 is 0. The molecule has 124 valence electrons. The highest BCUT2D eigenvalue weighted by molar-refractivity contribution is 8.01. The lowest BCUT2D eigenvalue weighted by Gasteiger charge is -2.34. The van der Waals surface area contributed by atoms with Gasteiger partial charge in [0.2, 0.25) is 11.8 Å². The van der Waals surface area contributed by atoms with Gasteiger partial charge in [-0.25, -0.2) is 0 Å². The number of thioether (sulfide) groups is 1. The van der Waals surface area contributed by atoms with Crippen LogP contribution < -0.4 is 5.32 Å². The number of fused-ring (bicyclic) bond motifs is 1. The summed E-state index contributed by atoms with van der Waals surface area (Å²) in [5.74, 6) is 0.787. The van der Waals surface area contributed by atoms with Gasteiger partial charge in [-0.15, -0.1) is 11.8 Å². The van der Waals surface area contributed by atoms with Crippen LogP contribution in [0.3, 0.4) is 0 Å². The van der Waals surface area contributed by atoms with Crippen LogP contribution in [0.4, 0.5) is 5.69 Å². The smallest absolute Gasteiger partial charge is 0.238 e. The Kier molecular flexibility index (Phi) is 4.95. The SMILES string of the molecule is CC1CCC(N(C)C(=O)C[C@@H]2Sc3ccccc3NC2=O)CC1. The Bertz CT molecular complexity index is 596. The van der Waals surface area contributed by atoms with E-state index < -0.39 is 0 Å². The fourth-order valence-corrected chi connectivity index (χ4v) is 4.46. The zero-order chi connectivity index (χ0) is 16.4. The molecule has 0 spiro atoms. The van der Waals surface area contributed by atoms with Crippen LogP contribution in [-0.2, 0) is 9.59 Å². The number of rotatable bonds is 3. The van der Waals surface area contributed by atoms with Crippen molar-refractivity contribution >= 4 is 29.3 Å². The molecule has 5 heteroatoms. The second-order valence-corrected chi connectivity index (χ2v) is 7.96. The predicted molar refractivity (Wildman–Crippen MR) is 93.5 cm³/mol. The van der Waals surface area contributed by atoms with Gasteiger partial charge in [0.15, 0.2) is 0 Å². The summed E-state index contributed by atoms with van der Waals surface area (Å²) in [5.41, 5.74) is 0.848. The van der Waals surface area contributed by atoms with E-state index in [-0.39, 0.29) is 23.5 Å². The van der Waals surface area contributed by atoms with Crippen molar-refractivity contribution in [1.29, 1.82) is 0 Å². The number of hydrogen-bond donors (Lipinski definition) is 1. The first kappa shape index (κ1) is 16.4. The Morgan fingerprint density at radius 2 is 1.96 bits per heavy atom. The van der Waals surface area contributed by atoms with E-state index in [1.165, 1.54) is 24.6 Å². The van der Waals surface area contributed by atoms with Gasteiger partial charge < -0.3 is 10.2 Å². The Hall–Kier alpha value is -1.49. The highest BCUT2D eigenvalue weighted by Crippen LogP contribution is 2.37. The van der Waals surface area contributed by atoms with Crippen LogP contribution in [0.15, 0.2) is 29.2 Å². The zero-order valence-corrected chi connectivity index (χ0v) is 14.6. The van der Waals surface area contributed by atoms with Crippen molar-refractivity contribution in [3.05, 3.63) is 24.3 Å². The normalized spacial score (nSPS) is 27.0. The lowest BCUT2D eigenvalue weighted by Crippen LogP contribution is -2.42. The molecule has 23 heavy (non-hydrogen) atoms. The molecule has 1 fully saturated rings. The summed E-state index contributed by atoms with van der Waals surface area (Å²) in [4.78, 5) is 27.7. The number of anilines is 1. The van der Waals surface area contributed by atoms with Crippen molar-refractivity contribution in [3.63, 3.8) is 0 Å². The predicted octanol–water partition coefficient (Wildman–Crippen LogP) is 3.53. The van der Waals surface area contributed by atoms with Gasteiger partial charge >= 0.3 is 0 Å². The maximum absolute atomic E-state index is 12.6. The van der Waals surface area contributed by atoms with Crippen molar-refractivity contribution in [1.82, 2.24) is 4.90 Å². The number of nitrogens with one attached hydrogen (secondary N) is 1. The maximum atomic E-state index is 12.6. The lowest BCUT2D eigenvalue weighted by molar-refractivity contribution is -0.134. The summed E-state index contributed by atoms with van der Waals surface area (Å²) in [6.07, 6.45) is 4.81. The zero-order valence-electron chi connectivity index (χ0n) is 13.7. The Balaban J connectivity index is 1.60. The maximum Gasteiger partial charge on any atom is 0.238 e. The Morgan fingerprint density at radius 1 is 1.26 bits per heavy atom. The molecule has 1 saturated carbocycles. The van der Waals surface area contributed by atoms with E-state index in [2.05, 4.69) is 12.2 Å². The highest BCUT2D eigenvalue weighted by Gasteiger charge is 2.32. The fourth-order valence-electron chi connectivity index (χ4n) is 3.36. The van der Waals surface area contributed by atoms with Crippen LogP contribution in [0.1, 0.15) is 39.0 Å². The summed E-state index contributed by atoms with van der Waals surface area (Å²) in [6, 6.07) is 8.08. The van der Waals surface area contributed by atoms with Crippen molar-refractivity contribution < 1.29 is 9.59 Å². The lowest BCUT2D eigenvalue weighted by atomic mass is 9.86. The van der Waals surface area contributed by atoms with E-state index in [0.29, 0.717) is 6.04 Å². The standard InChI is InChI=1S/C18H24N2O2S/c1-12-7-9-13(10-8-12)20(2)17(21)11-16-18(22)19-14-5-3-4-6-15(14)23-16/h3-6,12-13,16H,7-11H2,1-2H3,(H,19,22)/t12?,13?,16-/m0/s1. The van der Waals surface area contributed by atoms with Crippen molar-refractivity contribution in [3.8, 4) is 0 Å². The summed E-state index contributed by atoms with van der Waals surface area (Å²) >= 11 is 1.50. The molecule has 0 unspecified atom stereocenters. The topological polar surface area (TPSA) is 49.4 Å². The van der Waals surface area contributed by atoms with E-state index in [1.54, 1.807) is 0 Å². The molecule has 1 aromatic rings. The molecule has 1 N–H and O–H groups in total. The van der Waals surface area contributed by atoms with Crippen LogP contribution in [0.25, 0.3) is 0 Å². The van der Waals surface area contributed by atoms with Gasteiger partial charge in [-0.05, 0) is 43.7 Å². The minimum absolute atomic E-state index is 0.0623. The largest absolute Gasteiger partial charge is 0.343 e. The molecule has 2 amide bonds. The molecule has 0 bridgehead atoms.